The smallest absolute Gasteiger partial charge is 0.264 e. The van der Waals surface area contributed by atoms with Gasteiger partial charge in [-0.15, -0.1) is 11.8 Å². The van der Waals surface area contributed by atoms with Crippen LogP contribution in [0, 0.1) is 13.8 Å². The van der Waals surface area contributed by atoms with Crippen LogP contribution in [0.25, 0.3) is 0 Å². The highest BCUT2D eigenvalue weighted by molar-refractivity contribution is 7.98. The number of hydrogen-bond donors (Lipinski definition) is 0. The van der Waals surface area contributed by atoms with Gasteiger partial charge >= 0.3 is 0 Å². The lowest BCUT2D eigenvalue weighted by Gasteiger charge is -2.26. The SMILES string of the molecule is CCN(c1c(C)cccc1C)S(=O)(=O)c1ccc(SC)cc1. The van der Waals surface area contributed by atoms with Crippen molar-refractivity contribution in [2.75, 3.05) is 17.1 Å². The average molecular weight is 335 g/mol. The number of para-hydroxylation sites is 1. The van der Waals surface area contributed by atoms with E-state index in [2.05, 4.69) is 0 Å². The summed E-state index contributed by atoms with van der Waals surface area (Å²) in [7, 11) is -3.55. The third-order valence-electron chi connectivity index (χ3n) is 3.62. The Kier molecular flexibility index (Phi) is 5.19. The molecule has 0 amide bonds. The zero-order valence-electron chi connectivity index (χ0n) is 13.3. The van der Waals surface area contributed by atoms with Gasteiger partial charge in [0.25, 0.3) is 10.0 Å². The Hall–Kier alpha value is -1.46. The highest BCUT2D eigenvalue weighted by Crippen LogP contribution is 2.30. The van der Waals surface area contributed by atoms with E-state index in [-0.39, 0.29) is 0 Å². The molecule has 0 radical (unpaired) electrons. The van der Waals surface area contributed by atoms with Gasteiger partial charge in [0.05, 0.1) is 10.6 Å². The summed E-state index contributed by atoms with van der Waals surface area (Å²) in [6, 6.07) is 12.9. The summed E-state index contributed by atoms with van der Waals surface area (Å²) in [5.74, 6) is 0. The van der Waals surface area contributed by atoms with E-state index < -0.39 is 10.0 Å². The van der Waals surface area contributed by atoms with Gasteiger partial charge in [0.1, 0.15) is 0 Å². The molecular weight excluding hydrogens is 314 g/mol. The summed E-state index contributed by atoms with van der Waals surface area (Å²) in [5, 5.41) is 0. The zero-order chi connectivity index (χ0) is 16.3. The van der Waals surface area contributed by atoms with Crippen LogP contribution in [-0.2, 0) is 10.0 Å². The summed E-state index contributed by atoms with van der Waals surface area (Å²) in [5.41, 5.74) is 2.70. The molecule has 3 nitrogen and oxygen atoms in total. The van der Waals surface area contributed by atoms with E-state index in [0.29, 0.717) is 11.4 Å². The minimum absolute atomic E-state index is 0.329. The predicted octanol–water partition coefficient (Wildman–Crippen LogP) is 4.24. The Balaban J connectivity index is 2.53. The molecule has 2 aromatic rings. The Morgan fingerprint density at radius 3 is 2.00 bits per heavy atom. The van der Waals surface area contributed by atoms with E-state index in [1.807, 2.05) is 57.4 Å². The highest BCUT2D eigenvalue weighted by Gasteiger charge is 2.25. The van der Waals surface area contributed by atoms with Crippen molar-refractivity contribution < 1.29 is 8.42 Å². The zero-order valence-corrected chi connectivity index (χ0v) is 15.0. The molecule has 5 heteroatoms. The first kappa shape index (κ1) is 16.9. The molecule has 0 aliphatic carbocycles. The van der Waals surface area contributed by atoms with E-state index >= 15 is 0 Å². The molecule has 22 heavy (non-hydrogen) atoms. The Bertz CT molecular complexity index is 732. The maximum atomic E-state index is 13.0. The number of rotatable bonds is 5. The molecule has 0 N–H and O–H groups in total. The molecule has 0 saturated heterocycles. The fourth-order valence-corrected chi connectivity index (χ4v) is 4.53. The van der Waals surface area contributed by atoms with Crippen molar-refractivity contribution >= 4 is 27.5 Å². The molecule has 0 aliphatic heterocycles. The van der Waals surface area contributed by atoms with Crippen LogP contribution in [0.4, 0.5) is 5.69 Å². The van der Waals surface area contributed by atoms with Gasteiger partial charge in [-0.1, -0.05) is 18.2 Å². The van der Waals surface area contributed by atoms with Crippen molar-refractivity contribution in [3.05, 3.63) is 53.6 Å². The van der Waals surface area contributed by atoms with Gasteiger partial charge in [0, 0.05) is 11.4 Å². The van der Waals surface area contributed by atoms with Crippen LogP contribution < -0.4 is 4.31 Å². The maximum absolute atomic E-state index is 13.0. The molecule has 0 spiro atoms. The summed E-state index contributed by atoms with van der Waals surface area (Å²) < 4.78 is 27.5. The minimum Gasteiger partial charge on any atom is -0.266 e. The van der Waals surface area contributed by atoms with Crippen LogP contribution in [0.5, 0.6) is 0 Å². The van der Waals surface area contributed by atoms with Crippen LogP contribution in [0.3, 0.4) is 0 Å². The van der Waals surface area contributed by atoms with Gasteiger partial charge < -0.3 is 0 Å². The van der Waals surface area contributed by atoms with E-state index in [9.17, 15) is 8.42 Å². The van der Waals surface area contributed by atoms with Crippen molar-refractivity contribution in [1.29, 1.82) is 0 Å². The van der Waals surface area contributed by atoms with Crippen molar-refractivity contribution in [1.82, 2.24) is 0 Å². The molecule has 0 heterocycles. The number of aryl methyl sites for hydroxylation is 2. The monoisotopic (exact) mass is 335 g/mol. The van der Waals surface area contributed by atoms with Gasteiger partial charge in [0.15, 0.2) is 0 Å². The first-order chi connectivity index (χ1) is 10.4. The second-order valence-corrected chi connectivity index (χ2v) is 7.83. The highest BCUT2D eigenvalue weighted by atomic mass is 32.2. The molecule has 2 aromatic carbocycles. The van der Waals surface area contributed by atoms with Gasteiger partial charge in [-0.25, -0.2) is 8.42 Å². The lowest BCUT2D eigenvalue weighted by atomic mass is 10.1. The number of hydrogen-bond acceptors (Lipinski definition) is 3. The number of sulfonamides is 1. The Morgan fingerprint density at radius 2 is 1.55 bits per heavy atom. The molecule has 0 unspecified atom stereocenters. The van der Waals surface area contributed by atoms with E-state index in [1.165, 1.54) is 4.31 Å². The first-order valence-electron chi connectivity index (χ1n) is 7.14. The van der Waals surface area contributed by atoms with Crippen LogP contribution in [0.1, 0.15) is 18.1 Å². The average Bonchev–Trinajstić information content (AvgIpc) is 2.51. The summed E-state index contributed by atoms with van der Waals surface area (Å²) in [6.45, 7) is 6.15. The fourth-order valence-electron chi connectivity index (χ4n) is 2.52. The summed E-state index contributed by atoms with van der Waals surface area (Å²) in [4.78, 5) is 1.38. The second kappa shape index (κ2) is 6.75. The third-order valence-corrected chi connectivity index (χ3v) is 6.26. The molecule has 0 fully saturated rings. The number of anilines is 1. The molecule has 118 valence electrons. The standard InChI is InChI=1S/C17H21NO2S2/c1-5-18(17-13(2)7-6-8-14(17)3)22(19,20)16-11-9-15(21-4)10-12-16/h6-12H,5H2,1-4H3. The van der Waals surface area contributed by atoms with E-state index in [0.717, 1.165) is 21.7 Å². The van der Waals surface area contributed by atoms with Crippen molar-refractivity contribution in [3.8, 4) is 0 Å². The van der Waals surface area contributed by atoms with Crippen molar-refractivity contribution in [2.45, 2.75) is 30.6 Å². The predicted molar refractivity (Wildman–Crippen MR) is 94.3 cm³/mol. The van der Waals surface area contributed by atoms with Crippen LogP contribution in [-0.4, -0.2) is 21.2 Å². The molecular formula is C17H21NO2S2. The van der Waals surface area contributed by atoms with E-state index in [1.54, 1.807) is 23.9 Å². The molecule has 0 bridgehead atoms. The lowest BCUT2D eigenvalue weighted by molar-refractivity contribution is 0.591. The normalized spacial score (nSPS) is 11.5. The molecule has 0 aromatic heterocycles. The van der Waals surface area contributed by atoms with Gasteiger partial charge in [-0.3, -0.25) is 4.31 Å². The lowest BCUT2D eigenvalue weighted by Crippen LogP contribution is -2.32. The van der Waals surface area contributed by atoms with Crippen LogP contribution in [0.2, 0.25) is 0 Å². The topological polar surface area (TPSA) is 37.4 Å². The summed E-state index contributed by atoms with van der Waals surface area (Å²) >= 11 is 1.60. The first-order valence-corrected chi connectivity index (χ1v) is 9.81. The second-order valence-electron chi connectivity index (χ2n) is 5.09. The van der Waals surface area contributed by atoms with E-state index in [4.69, 9.17) is 0 Å². The van der Waals surface area contributed by atoms with Crippen LogP contribution in [0.15, 0.2) is 52.3 Å². The number of thioether (sulfide) groups is 1. The Labute approximate surface area is 137 Å². The largest absolute Gasteiger partial charge is 0.266 e. The maximum Gasteiger partial charge on any atom is 0.264 e. The van der Waals surface area contributed by atoms with Crippen molar-refractivity contribution in [3.63, 3.8) is 0 Å². The number of benzene rings is 2. The summed E-state index contributed by atoms with van der Waals surface area (Å²) in [6.07, 6.45) is 1.97. The van der Waals surface area contributed by atoms with Crippen molar-refractivity contribution in [2.24, 2.45) is 0 Å². The molecule has 2 rings (SSSR count). The molecule has 0 aliphatic rings. The van der Waals surface area contributed by atoms with Gasteiger partial charge in [0.2, 0.25) is 0 Å². The van der Waals surface area contributed by atoms with Gasteiger partial charge in [-0.05, 0) is 62.4 Å². The minimum atomic E-state index is -3.55. The molecule has 0 saturated carbocycles. The molecule has 0 atom stereocenters. The number of nitrogens with zero attached hydrogens (tertiary/aromatic N) is 1. The fraction of sp³-hybridized carbons (Fsp3) is 0.294. The van der Waals surface area contributed by atoms with Crippen LogP contribution >= 0.6 is 11.8 Å². The Morgan fingerprint density at radius 1 is 1.00 bits per heavy atom. The quantitative estimate of drug-likeness (QED) is 0.767. The third kappa shape index (κ3) is 3.15. The van der Waals surface area contributed by atoms with Gasteiger partial charge in [-0.2, -0.15) is 0 Å².